The van der Waals surface area contributed by atoms with E-state index in [0.717, 1.165) is 12.1 Å². The second-order valence-corrected chi connectivity index (χ2v) is 7.51. The fourth-order valence-electron chi connectivity index (χ4n) is 2.72. The predicted octanol–water partition coefficient (Wildman–Crippen LogP) is 1.87. The van der Waals surface area contributed by atoms with Gasteiger partial charge in [-0.1, -0.05) is 6.92 Å². The Morgan fingerprint density at radius 2 is 2.05 bits per heavy atom. The molecule has 116 valence electrons. The van der Waals surface area contributed by atoms with Crippen LogP contribution >= 0.6 is 0 Å². The molecule has 1 aliphatic rings. The number of nitrogens with zero attached hydrogens (tertiary/aromatic N) is 1. The van der Waals surface area contributed by atoms with E-state index in [2.05, 4.69) is 0 Å². The summed E-state index contributed by atoms with van der Waals surface area (Å²) in [7, 11) is -3.81. The van der Waals surface area contributed by atoms with Gasteiger partial charge in [-0.05, 0) is 43.0 Å². The number of sulfonamides is 1. The lowest BCUT2D eigenvalue weighted by atomic mass is 9.92. The molecule has 5 nitrogen and oxygen atoms in total. The van der Waals surface area contributed by atoms with Crippen LogP contribution in [0.3, 0.4) is 0 Å². The number of aryl methyl sites for hydroxylation is 1. The molecule has 0 aromatic heterocycles. The van der Waals surface area contributed by atoms with Crippen LogP contribution in [0, 0.1) is 24.6 Å². The normalized spacial score (nSPS) is 24.0. The van der Waals surface area contributed by atoms with E-state index in [4.69, 9.17) is 5.11 Å². The summed E-state index contributed by atoms with van der Waals surface area (Å²) in [6.45, 7) is 3.59. The molecule has 0 amide bonds. The zero-order valence-corrected chi connectivity index (χ0v) is 12.7. The summed E-state index contributed by atoms with van der Waals surface area (Å²) in [6.07, 6.45) is 0.462. The van der Waals surface area contributed by atoms with Gasteiger partial charge in [0, 0.05) is 13.1 Å². The standard InChI is InChI=1S/C14H18FNO4S/c1-9-5-11(14(17)18)8-16(7-9)21(19,20)13-4-3-12(15)6-10(13)2/h3-4,6,9,11H,5,7-8H2,1-2H3,(H,17,18). The van der Waals surface area contributed by atoms with Gasteiger partial charge in [-0.25, -0.2) is 12.8 Å². The third-order valence-corrected chi connectivity index (χ3v) is 5.72. The highest BCUT2D eigenvalue weighted by molar-refractivity contribution is 7.89. The average molecular weight is 315 g/mol. The Kier molecular flexibility index (Phi) is 4.34. The Labute approximate surface area is 123 Å². The van der Waals surface area contributed by atoms with Gasteiger partial charge in [-0.3, -0.25) is 4.79 Å². The first kappa shape index (κ1) is 15.9. The van der Waals surface area contributed by atoms with E-state index in [1.807, 2.05) is 6.92 Å². The van der Waals surface area contributed by atoms with Gasteiger partial charge < -0.3 is 5.11 Å². The van der Waals surface area contributed by atoms with Crippen LogP contribution in [-0.2, 0) is 14.8 Å². The number of hydrogen-bond acceptors (Lipinski definition) is 3. The van der Waals surface area contributed by atoms with Gasteiger partial charge in [0.1, 0.15) is 5.82 Å². The van der Waals surface area contributed by atoms with Crippen molar-refractivity contribution in [3.8, 4) is 0 Å². The molecule has 2 rings (SSSR count). The predicted molar refractivity (Wildman–Crippen MR) is 74.8 cm³/mol. The third kappa shape index (κ3) is 3.24. The number of carbonyl (C=O) groups is 1. The van der Waals surface area contributed by atoms with E-state index in [9.17, 15) is 17.6 Å². The molecule has 2 atom stereocenters. The molecule has 2 unspecified atom stereocenters. The number of benzene rings is 1. The molecule has 1 aliphatic heterocycles. The first-order valence-corrected chi connectivity index (χ1v) is 8.15. The SMILES string of the molecule is Cc1cc(F)ccc1S(=O)(=O)N1CC(C)CC(C(=O)O)C1. The van der Waals surface area contributed by atoms with E-state index in [1.54, 1.807) is 0 Å². The molecule has 0 bridgehead atoms. The molecule has 0 radical (unpaired) electrons. The maximum atomic E-state index is 13.1. The van der Waals surface area contributed by atoms with Crippen molar-refractivity contribution >= 4 is 16.0 Å². The van der Waals surface area contributed by atoms with Gasteiger partial charge in [0.2, 0.25) is 10.0 Å². The highest BCUT2D eigenvalue weighted by Gasteiger charge is 2.36. The van der Waals surface area contributed by atoms with Crippen LogP contribution in [0.1, 0.15) is 18.9 Å². The molecule has 1 fully saturated rings. The second-order valence-electron chi connectivity index (χ2n) is 5.61. The Balaban J connectivity index is 2.36. The first-order valence-electron chi connectivity index (χ1n) is 6.71. The molecule has 0 spiro atoms. The summed E-state index contributed by atoms with van der Waals surface area (Å²) in [5, 5.41) is 9.13. The Morgan fingerprint density at radius 1 is 1.38 bits per heavy atom. The van der Waals surface area contributed by atoms with E-state index in [1.165, 1.54) is 17.3 Å². The minimum Gasteiger partial charge on any atom is -0.481 e. The highest BCUT2D eigenvalue weighted by Crippen LogP contribution is 2.28. The van der Waals surface area contributed by atoms with Gasteiger partial charge >= 0.3 is 5.97 Å². The molecular formula is C14H18FNO4S. The fourth-order valence-corrected chi connectivity index (χ4v) is 4.53. The van der Waals surface area contributed by atoms with Crippen molar-refractivity contribution in [2.45, 2.75) is 25.2 Å². The van der Waals surface area contributed by atoms with Crippen LogP contribution < -0.4 is 0 Å². The monoisotopic (exact) mass is 315 g/mol. The first-order chi connectivity index (χ1) is 9.71. The van der Waals surface area contributed by atoms with Crippen molar-refractivity contribution in [3.63, 3.8) is 0 Å². The van der Waals surface area contributed by atoms with Crippen molar-refractivity contribution in [1.82, 2.24) is 4.31 Å². The number of carboxylic acid groups (broad SMARTS) is 1. The molecule has 1 heterocycles. The van der Waals surface area contributed by atoms with E-state index in [-0.39, 0.29) is 23.9 Å². The average Bonchev–Trinajstić information content (AvgIpc) is 2.37. The number of rotatable bonds is 3. The van der Waals surface area contributed by atoms with Gasteiger partial charge in [-0.2, -0.15) is 4.31 Å². The van der Waals surface area contributed by atoms with Crippen LogP contribution in [0.5, 0.6) is 0 Å². The molecule has 1 aromatic rings. The van der Waals surface area contributed by atoms with E-state index < -0.39 is 27.7 Å². The number of aliphatic carboxylic acids is 1. The molecule has 7 heteroatoms. The van der Waals surface area contributed by atoms with Crippen molar-refractivity contribution < 1.29 is 22.7 Å². The van der Waals surface area contributed by atoms with Crippen LogP contribution in [-0.4, -0.2) is 36.9 Å². The largest absolute Gasteiger partial charge is 0.481 e. The van der Waals surface area contributed by atoms with Crippen molar-refractivity contribution in [1.29, 1.82) is 0 Å². The summed E-state index contributed by atoms with van der Waals surface area (Å²) in [6, 6.07) is 3.49. The summed E-state index contributed by atoms with van der Waals surface area (Å²) in [4.78, 5) is 11.2. The Bertz CT molecular complexity index is 659. The van der Waals surface area contributed by atoms with E-state index >= 15 is 0 Å². The van der Waals surface area contributed by atoms with E-state index in [0.29, 0.717) is 12.0 Å². The lowest BCUT2D eigenvalue weighted by Gasteiger charge is -2.34. The lowest BCUT2D eigenvalue weighted by molar-refractivity contribution is -0.143. The number of piperidine rings is 1. The van der Waals surface area contributed by atoms with Crippen LogP contribution in [0.4, 0.5) is 4.39 Å². The van der Waals surface area contributed by atoms with Gasteiger partial charge in [0.15, 0.2) is 0 Å². The highest BCUT2D eigenvalue weighted by atomic mass is 32.2. The molecule has 1 saturated heterocycles. The zero-order chi connectivity index (χ0) is 15.8. The Morgan fingerprint density at radius 3 is 2.62 bits per heavy atom. The topological polar surface area (TPSA) is 74.7 Å². The van der Waals surface area contributed by atoms with Crippen LogP contribution in [0.15, 0.2) is 23.1 Å². The molecule has 21 heavy (non-hydrogen) atoms. The van der Waals surface area contributed by atoms with Gasteiger partial charge in [-0.15, -0.1) is 0 Å². The quantitative estimate of drug-likeness (QED) is 0.924. The second kappa shape index (κ2) is 5.73. The fraction of sp³-hybridized carbons (Fsp3) is 0.500. The smallest absolute Gasteiger partial charge is 0.307 e. The van der Waals surface area contributed by atoms with Gasteiger partial charge in [0.05, 0.1) is 10.8 Å². The molecular weight excluding hydrogens is 297 g/mol. The van der Waals surface area contributed by atoms with Crippen LogP contribution in [0.25, 0.3) is 0 Å². The van der Waals surface area contributed by atoms with Gasteiger partial charge in [0.25, 0.3) is 0 Å². The third-order valence-electron chi connectivity index (χ3n) is 3.73. The maximum Gasteiger partial charge on any atom is 0.307 e. The van der Waals surface area contributed by atoms with Crippen molar-refractivity contribution in [2.24, 2.45) is 11.8 Å². The lowest BCUT2D eigenvalue weighted by Crippen LogP contribution is -2.45. The molecule has 0 saturated carbocycles. The summed E-state index contributed by atoms with van der Waals surface area (Å²) < 4.78 is 39.6. The number of halogens is 1. The molecule has 1 aromatic carbocycles. The zero-order valence-electron chi connectivity index (χ0n) is 11.9. The number of hydrogen-bond donors (Lipinski definition) is 1. The van der Waals surface area contributed by atoms with Crippen molar-refractivity contribution in [3.05, 3.63) is 29.6 Å². The number of carboxylic acids is 1. The Hall–Kier alpha value is -1.47. The summed E-state index contributed by atoms with van der Waals surface area (Å²) in [5.74, 6) is -2.22. The molecule has 0 aliphatic carbocycles. The minimum atomic E-state index is -3.81. The summed E-state index contributed by atoms with van der Waals surface area (Å²) in [5.41, 5.74) is 0.320. The summed E-state index contributed by atoms with van der Waals surface area (Å²) >= 11 is 0. The maximum absolute atomic E-state index is 13.1. The minimum absolute atomic E-state index is 0.0298. The van der Waals surface area contributed by atoms with Crippen LogP contribution in [0.2, 0.25) is 0 Å². The van der Waals surface area contributed by atoms with Crippen molar-refractivity contribution in [2.75, 3.05) is 13.1 Å². The molecule has 1 N–H and O–H groups in total.